The molecule has 4 nitrogen and oxygen atoms in total. The van der Waals surface area contributed by atoms with Crippen LogP contribution < -0.4 is 0 Å². The Hall–Kier alpha value is -1.59. The summed E-state index contributed by atoms with van der Waals surface area (Å²) in [6, 6.07) is 5.70. The molecule has 0 amide bonds. The Bertz CT molecular complexity index is 768. The molecule has 0 spiro atoms. The predicted octanol–water partition coefficient (Wildman–Crippen LogP) is 3.13. The Morgan fingerprint density at radius 1 is 1.44 bits per heavy atom. The van der Waals surface area contributed by atoms with Gasteiger partial charge in [-0.25, -0.2) is 0 Å². The molecule has 3 rings (SSSR count). The van der Waals surface area contributed by atoms with Crippen LogP contribution >= 0.6 is 23.8 Å². The molecule has 0 aliphatic carbocycles. The van der Waals surface area contributed by atoms with Crippen LogP contribution in [0.3, 0.4) is 0 Å². The summed E-state index contributed by atoms with van der Waals surface area (Å²) < 4.78 is 4.49. The van der Waals surface area contributed by atoms with Gasteiger partial charge in [0.25, 0.3) is 0 Å². The Morgan fingerprint density at radius 2 is 2.28 bits per heavy atom. The van der Waals surface area contributed by atoms with Crippen molar-refractivity contribution in [2.45, 2.75) is 6.54 Å². The number of aryl methyl sites for hydroxylation is 1. The van der Waals surface area contributed by atoms with E-state index in [0.29, 0.717) is 16.3 Å². The first kappa shape index (κ1) is 11.5. The fourth-order valence-corrected chi connectivity index (χ4v) is 2.46. The molecular formula is C12H11ClN4S. The van der Waals surface area contributed by atoms with Gasteiger partial charge >= 0.3 is 0 Å². The van der Waals surface area contributed by atoms with Crippen molar-refractivity contribution in [3.05, 3.63) is 45.9 Å². The molecule has 0 radical (unpaired) electrons. The van der Waals surface area contributed by atoms with Crippen molar-refractivity contribution in [2.24, 2.45) is 7.05 Å². The molecule has 0 unspecified atom stereocenters. The second-order valence-corrected chi connectivity index (χ2v) is 5.02. The van der Waals surface area contributed by atoms with E-state index >= 15 is 0 Å². The van der Waals surface area contributed by atoms with Gasteiger partial charge in [0.05, 0.1) is 23.8 Å². The summed E-state index contributed by atoms with van der Waals surface area (Å²) in [7, 11) is 1.90. The summed E-state index contributed by atoms with van der Waals surface area (Å²) in [4.78, 5) is 3.17. The summed E-state index contributed by atoms with van der Waals surface area (Å²) in [5.41, 5.74) is 3.11. The van der Waals surface area contributed by atoms with Crippen molar-refractivity contribution in [2.75, 3.05) is 0 Å². The zero-order valence-electron chi connectivity index (χ0n) is 9.72. The highest BCUT2D eigenvalue weighted by molar-refractivity contribution is 7.71. The maximum absolute atomic E-state index is 6.03. The lowest BCUT2D eigenvalue weighted by Crippen LogP contribution is -1.98. The molecule has 0 bridgehead atoms. The van der Waals surface area contributed by atoms with Crippen LogP contribution in [-0.2, 0) is 13.6 Å². The van der Waals surface area contributed by atoms with Crippen LogP contribution in [0.2, 0.25) is 5.02 Å². The van der Waals surface area contributed by atoms with Gasteiger partial charge in [0.1, 0.15) is 0 Å². The number of nitrogens with zero attached hydrogens (tertiary/aromatic N) is 3. The van der Waals surface area contributed by atoms with Crippen molar-refractivity contribution in [3.8, 4) is 0 Å². The van der Waals surface area contributed by atoms with E-state index in [1.807, 2.05) is 42.2 Å². The van der Waals surface area contributed by atoms with Crippen molar-refractivity contribution in [1.82, 2.24) is 19.3 Å². The Morgan fingerprint density at radius 3 is 3.00 bits per heavy atom. The molecule has 0 saturated heterocycles. The fourth-order valence-electron chi connectivity index (χ4n) is 2.02. The van der Waals surface area contributed by atoms with Gasteiger partial charge in [0.15, 0.2) is 4.77 Å². The van der Waals surface area contributed by atoms with E-state index in [-0.39, 0.29) is 0 Å². The van der Waals surface area contributed by atoms with Crippen LogP contribution in [0, 0.1) is 4.77 Å². The van der Waals surface area contributed by atoms with Crippen LogP contribution in [0.15, 0.2) is 30.6 Å². The number of aromatic amines is 1. The minimum absolute atomic E-state index is 0.688. The number of aromatic nitrogens is 4. The number of nitrogens with one attached hydrogen (secondary N) is 1. The minimum atomic E-state index is 0.688. The smallest absolute Gasteiger partial charge is 0.178 e. The second kappa shape index (κ2) is 4.26. The lowest BCUT2D eigenvalue weighted by molar-refractivity contribution is 0.763. The minimum Gasteiger partial charge on any atom is -0.331 e. The molecule has 92 valence electrons. The number of imidazole rings is 1. The van der Waals surface area contributed by atoms with Crippen LogP contribution in [0.5, 0.6) is 0 Å². The van der Waals surface area contributed by atoms with Gasteiger partial charge in [0, 0.05) is 23.8 Å². The third-order valence-electron chi connectivity index (χ3n) is 2.84. The molecule has 0 saturated carbocycles. The van der Waals surface area contributed by atoms with Gasteiger partial charge < -0.3 is 9.55 Å². The van der Waals surface area contributed by atoms with E-state index in [0.717, 1.165) is 16.6 Å². The van der Waals surface area contributed by atoms with Crippen LogP contribution in [0.4, 0.5) is 0 Å². The number of halogens is 1. The van der Waals surface area contributed by atoms with Gasteiger partial charge in [-0.15, -0.1) is 0 Å². The number of benzene rings is 1. The molecular weight excluding hydrogens is 268 g/mol. The quantitative estimate of drug-likeness (QED) is 0.732. The van der Waals surface area contributed by atoms with Gasteiger partial charge in [-0.1, -0.05) is 11.6 Å². The number of rotatable bonds is 2. The van der Waals surface area contributed by atoms with Crippen molar-refractivity contribution < 1.29 is 0 Å². The van der Waals surface area contributed by atoms with E-state index in [1.165, 1.54) is 0 Å². The van der Waals surface area contributed by atoms with Crippen molar-refractivity contribution in [3.63, 3.8) is 0 Å². The summed E-state index contributed by atoms with van der Waals surface area (Å²) in [6.45, 7) is 0.688. The Labute approximate surface area is 114 Å². The molecule has 0 atom stereocenters. The SMILES string of the molecule is Cn1cc(Cn2c(=S)[nH]c3ccc(Cl)cc32)cn1. The van der Waals surface area contributed by atoms with E-state index in [4.69, 9.17) is 23.8 Å². The summed E-state index contributed by atoms with van der Waals surface area (Å²) >= 11 is 11.4. The van der Waals surface area contributed by atoms with Crippen LogP contribution in [0.25, 0.3) is 11.0 Å². The maximum atomic E-state index is 6.03. The third kappa shape index (κ3) is 1.95. The third-order valence-corrected chi connectivity index (χ3v) is 3.39. The average Bonchev–Trinajstić information content (AvgIpc) is 2.86. The first-order valence-corrected chi connectivity index (χ1v) is 6.28. The first-order valence-electron chi connectivity index (χ1n) is 5.49. The Kier molecular flexibility index (Phi) is 2.72. The molecule has 6 heteroatoms. The molecule has 1 aromatic carbocycles. The summed E-state index contributed by atoms with van der Waals surface area (Å²) in [5.74, 6) is 0. The van der Waals surface area contributed by atoms with Crippen LogP contribution in [0.1, 0.15) is 5.56 Å². The molecule has 0 fully saturated rings. The van der Waals surface area contributed by atoms with Gasteiger partial charge in [-0.2, -0.15) is 5.10 Å². The first-order chi connectivity index (χ1) is 8.63. The Balaban J connectivity index is 2.13. The summed E-state index contributed by atoms with van der Waals surface area (Å²) in [6.07, 6.45) is 3.82. The van der Waals surface area contributed by atoms with E-state index in [1.54, 1.807) is 4.68 Å². The molecule has 18 heavy (non-hydrogen) atoms. The molecule has 2 heterocycles. The number of hydrogen-bond acceptors (Lipinski definition) is 2. The number of fused-ring (bicyclic) bond motifs is 1. The standard InChI is InChI=1S/C12H11ClN4S/c1-16-6-8(5-14-16)7-17-11-4-9(13)2-3-10(11)15-12(17)18/h2-6H,7H2,1H3,(H,15,18). The molecule has 1 N–H and O–H groups in total. The average molecular weight is 279 g/mol. The molecule has 0 aliphatic heterocycles. The van der Waals surface area contributed by atoms with E-state index in [9.17, 15) is 0 Å². The predicted molar refractivity (Wildman–Crippen MR) is 74.4 cm³/mol. The lowest BCUT2D eigenvalue weighted by Gasteiger charge is -2.02. The largest absolute Gasteiger partial charge is 0.331 e. The fraction of sp³-hybridized carbons (Fsp3) is 0.167. The van der Waals surface area contributed by atoms with Gasteiger partial charge in [-0.3, -0.25) is 4.68 Å². The number of H-pyrrole nitrogens is 1. The van der Waals surface area contributed by atoms with E-state index < -0.39 is 0 Å². The zero-order chi connectivity index (χ0) is 12.7. The lowest BCUT2D eigenvalue weighted by atomic mass is 10.3. The summed E-state index contributed by atoms with van der Waals surface area (Å²) in [5, 5.41) is 4.86. The zero-order valence-corrected chi connectivity index (χ0v) is 11.3. The molecule has 2 aromatic heterocycles. The van der Waals surface area contributed by atoms with Crippen molar-refractivity contribution in [1.29, 1.82) is 0 Å². The molecule has 0 aliphatic rings. The monoisotopic (exact) mass is 278 g/mol. The van der Waals surface area contributed by atoms with Crippen LogP contribution in [-0.4, -0.2) is 19.3 Å². The van der Waals surface area contributed by atoms with Gasteiger partial charge in [-0.05, 0) is 30.4 Å². The second-order valence-electron chi connectivity index (χ2n) is 4.20. The van der Waals surface area contributed by atoms with E-state index in [2.05, 4.69) is 10.1 Å². The molecule has 3 aromatic rings. The number of hydrogen-bond donors (Lipinski definition) is 1. The topological polar surface area (TPSA) is 38.5 Å². The van der Waals surface area contributed by atoms with Crippen molar-refractivity contribution >= 4 is 34.9 Å². The van der Waals surface area contributed by atoms with Gasteiger partial charge in [0.2, 0.25) is 0 Å². The normalized spacial score (nSPS) is 11.2. The maximum Gasteiger partial charge on any atom is 0.178 e. The highest BCUT2D eigenvalue weighted by Crippen LogP contribution is 2.20. The highest BCUT2D eigenvalue weighted by Gasteiger charge is 2.06. The highest BCUT2D eigenvalue weighted by atomic mass is 35.5.